The highest BCUT2D eigenvalue weighted by molar-refractivity contribution is 5.93. The van der Waals surface area contributed by atoms with Crippen LogP contribution in [-0.4, -0.2) is 37.0 Å². The number of ketones is 1. The van der Waals surface area contributed by atoms with Crippen LogP contribution in [0.2, 0.25) is 0 Å². The Morgan fingerprint density at radius 1 is 1.23 bits per heavy atom. The second kappa shape index (κ2) is 7.39. The lowest BCUT2D eigenvalue weighted by Gasteiger charge is -2.60. The van der Waals surface area contributed by atoms with Gasteiger partial charge in [-0.1, -0.05) is 13.8 Å². The van der Waals surface area contributed by atoms with Gasteiger partial charge in [-0.2, -0.15) is 0 Å². The number of esters is 2. The van der Waals surface area contributed by atoms with Crippen molar-refractivity contribution in [3.05, 3.63) is 24.2 Å². The zero-order chi connectivity index (χ0) is 22.6. The summed E-state index contributed by atoms with van der Waals surface area (Å²) in [4.78, 5) is 50.9. The molecular formula is C22H27NO8. The van der Waals surface area contributed by atoms with E-state index in [-0.39, 0.29) is 18.2 Å². The number of rotatable bonds is 3. The molecule has 4 rings (SSSR count). The zero-order valence-electron chi connectivity index (χ0n) is 17.8. The normalized spacial score (nSPS) is 39.6. The monoisotopic (exact) mass is 433 g/mol. The molecule has 31 heavy (non-hydrogen) atoms. The van der Waals surface area contributed by atoms with Crippen molar-refractivity contribution in [3.8, 4) is 0 Å². The molecule has 1 aromatic heterocycles. The Balaban J connectivity index is 1.80. The highest BCUT2D eigenvalue weighted by atomic mass is 16.6. The van der Waals surface area contributed by atoms with Crippen LogP contribution in [0.1, 0.15) is 51.2 Å². The summed E-state index contributed by atoms with van der Waals surface area (Å²) in [6.45, 7) is 3.79. The van der Waals surface area contributed by atoms with Gasteiger partial charge < -0.3 is 24.4 Å². The van der Waals surface area contributed by atoms with Crippen LogP contribution < -0.4 is 5.73 Å². The predicted octanol–water partition coefficient (Wildman–Crippen LogP) is 2.53. The van der Waals surface area contributed by atoms with E-state index in [1.165, 1.54) is 19.6 Å². The number of hydrogen-bond acceptors (Lipinski definition) is 8. The van der Waals surface area contributed by atoms with Gasteiger partial charge in [0, 0.05) is 17.9 Å². The number of ether oxygens (including phenoxy) is 3. The Hall–Kier alpha value is -2.84. The first kappa shape index (κ1) is 21.4. The fourth-order valence-electron chi connectivity index (χ4n) is 6.40. The third-order valence-corrected chi connectivity index (χ3v) is 7.76. The van der Waals surface area contributed by atoms with E-state index >= 15 is 0 Å². The third kappa shape index (κ3) is 3.21. The second-order valence-corrected chi connectivity index (χ2v) is 9.36. The number of nitrogens with two attached hydrogens (primary N) is 1. The van der Waals surface area contributed by atoms with E-state index in [0.717, 1.165) is 0 Å². The number of methoxy groups -OCH3 is 1. The second-order valence-electron chi connectivity index (χ2n) is 9.36. The van der Waals surface area contributed by atoms with Crippen molar-refractivity contribution in [2.75, 3.05) is 7.11 Å². The van der Waals surface area contributed by atoms with Crippen LogP contribution in [0.5, 0.6) is 0 Å². The fraction of sp³-hybridized carbons (Fsp3) is 0.636. The summed E-state index contributed by atoms with van der Waals surface area (Å²) >= 11 is 0. The van der Waals surface area contributed by atoms with E-state index < -0.39 is 52.9 Å². The summed E-state index contributed by atoms with van der Waals surface area (Å²) in [7, 11) is 1.29. The number of carbonyl (C=O) groups is 4. The minimum atomic E-state index is -1.17. The van der Waals surface area contributed by atoms with Crippen molar-refractivity contribution in [3.63, 3.8) is 0 Å². The van der Waals surface area contributed by atoms with Gasteiger partial charge in [-0.25, -0.2) is 4.79 Å². The molecule has 1 aromatic rings. The number of cyclic esters (lactones) is 1. The lowest BCUT2D eigenvalue weighted by molar-refractivity contribution is -0.207. The summed E-state index contributed by atoms with van der Waals surface area (Å²) in [5, 5.41) is 0. The van der Waals surface area contributed by atoms with Crippen LogP contribution in [0.4, 0.5) is 4.79 Å². The minimum Gasteiger partial charge on any atom is -0.472 e. The maximum absolute atomic E-state index is 13.7. The van der Waals surface area contributed by atoms with Gasteiger partial charge >= 0.3 is 18.0 Å². The van der Waals surface area contributed by atoms with E-state index in [2.05, 4.69) is 0 Å². The molecular weight excluding hydrogens is 406 g/mol. The average molecular weight is 433 g/mol. The number of fused-ring (bicyclic) bond motifs is 3. The van der Waals surface area contributed by atoms with E-state index in [1.807, 2.05) is 13.8 Å². The van der Waals surface area contributed by atoms with Crippen molar-refractivity contribution in [1.29, 1.82) is 0 Å². The van der Waals surface area contributed by atoms with Gasteiger partial charge in [0.15, 0.2) is 11.9 Å². The summed E-state index contributed by atoms with van der Waals surface area (Å²) in [6.07, 6.45) is 1.55. The summed E-state index contributed by atoms with van der Waals surface area (Å²) in [5.74, 6) is -3.05. The van der Waals surface area contributed by atoms with Crippen LogP contribution in [0.3, 0.4) is 0 Å². The Labute approximate surface area is 179 Å². The van der Waals surface area contributed by atoms with Crippen molar-refractivity contribution >= 4 is 23.8 Å². The third-order valence-electron chi connectivity index (χ3n) is 7.76. The maximum atomic E-state index is 13.7. The lowest BCUT2D eigenvalue weighted by atomic mass is 9.43. The first-order chi connectivity index (χ1) is 14.6. The van der Waals surface area contributed by atoms with Gasteiger partial charge in [0.2, 0.25) is 0 Å². The summed E-state index contributed by atoms with van der Waals surface area (Å²) < 4.78 is 21.0. The van der Waals surface area contributed by atoms with E-state index in [4.69, 9.17) is 24.4 Å². The van der Waals surface area contributed by atoms with Crippen molar-refractivity contribution < 1.29 is 37.8 Å². The number of furan rings is 1. The molecule has 3 fully saturated rings. The standard InChI is InChI=1S/C22H27NO8/c1-21-6-4-12-19(26)30-15(11-5-7-29-10-11)9-22(12,2)17(21)16(24)14(31-20(23)27)8-13(21)18(25)28-3/h5,7,10,12-15,17H,4,6,8-9H2,1-3H3,(H2,23,27)/t12?,13-,14?,15+,17-,21-,22-/m0/s1. The van der Waals surface area contributed by atoms with Crippen molar-refractivity contribution in [2.24, 2.45) is 34.3 Å². The molecule has 2 N–H and O–H groups in total. The van der Waals surface area contributed by atoms with Gasteiger partial charge in [0.1, 0.15) is 6.10 Å². The number of amides is 1. The van der Waals surface area contributed by atoms with Gasteiger partial charge in [0.05, 0.1) is 31.5 Å². The summed E-state index contributed by atoms with van der Waals surface area (Å²) in [6, 6.07) is 1.72. The molecule has 7 atom stereocenters. The molecule has 1 aliphatic heterocycles. The van der Waals surface area contributed by atoms with Crippen LogP contribution in [0.25, 0.3) is 0 Å². The van der Waals surface area contributed by atoms with Gasteiger partial charge in [-0.3, -0.25) is 14.4 Å². The van der Waals surface area contributed by atoms with Crippen LogP contribution in [0.15, 0.2) is 23.0 Å². The van der Waals surface area contributed by atoms with E-state index in [1.54, 1.807) is 6.07 Å². The molecule has 0 spiro atoms. The van der Waals surface area contributed by atoms with Crippen LogP contribution >= 0.6 is 0 Å². The maximum Gasteiger partial charge on any atom is 0.405 e. The molecule has 0 aromatic carbocycles. The lowest BCUT2D eigenvalue weighted by Crippen LogP contribution is -2.65. The Kier molecular flexibility index (Phi) is 5.10. The molecule has 1 saturated heterocycles. The molecule has 9 heteroatoms. The average Bonchev–Trinajstić information content (AvgIpc) is 3.23. The van der Waals surface area contributed by atoms with Gasteiger partial charge in [0.25, 0.3) is 0 Å². The number of Topliss-reactive ketones (excluding diaryl/α,β-unsaturated/α-hetero) is 1. The SMILES string of the molecule is COC(=O)[C@@H]1CC(OC(N)=O)C(=O)[C@H]2[C@@]1(C)CCC1C(=O)O[C@@H](c3ccoc3)C[C@@]12C. The smallest absolute Gasteiger partial charge is 0.405 e. The quantitative estimate of drug-likeness (QED) is 0.567. The predicted molar refractivity (Wildman–Crippen MR) is 104 cm³/mol. The van der Waals surface area contributed by atoms with Gasteiger partial charge in [-0.15, -0.1) is 0 Å². The molecule has 2 unspecified atom stereocenters. The molecule has 168 valence electrons. The highest BCUT2D eigenvalue weighted by Gasteiger charge is 2.67. The topological polar surface area (TPSA) is 135 Å². The van der Waals surface area contributed by atoms with E-state index in [9.17, 15) is 19.2 Å². The van der Waals surface area contributed by atoms with Crippen LogP contribution in [-0.2, 0) is 28.6 Å². The van der Waals surface area contributed by atoms with Gasteiger partial charge in [-0.05, 0) is 36.2 Å². The molecule has 2 aliphatic carbocycles. The molecule has 1 amide bonds. The fourth-order valence-corrected chi connectivity index (χ4v) is 6.40. The first-order valence-electron chi connectivity index (χ1n) is 10.4. The number of hydrogen-bond donors (Lipinski definition) is 1. The van der Waals surface area contributed by atoms with Crippen molar-refractivity contribution in [1.82, 2.24) is 0 Å². The molecule has 0 radical (unpaired) electrons. The number of carbonyl (C=O) groups excluding carboxylic acids is 4. The molecule has 2 saturated carbocycles. The number of primary amides is 1. The first-order valence-corrected chi connectivity index (χ1v) is 10.4. The van der Waals surface area contributed by atoms with E-state index in [0.29, 0.717) is 24.8 Å². The Bertz CT molecular complexity index is 911. The zero-order valence-corrected chi connectivity index (χ0v) is 17.8. The highest BCUT2D eigenvalue weighted by Crippen LogP contribution is 2.65. The minimum absolute atomic E-state index is 0.0117. The molecule has 2 heterocycles. The molecule has 3 aliphatic rings. The summed E-state index contributed by atoms with van der Waals surface area (Å²) in [5.41, 5.74) is 4.34. The van der Waals surface area contributed by atoms with Crippen LogP contribution in [0, 0.1) is 28.6 Å². The van der Waals surface area contributed by atoms with Crippen molar-refractivity contribution in [2.45, 2.75) is 51.7 Å². The largest absolute Gasteiger partial charge is 0.472 e. The Morgan fingerprint density at radius 3 is 2.58 bits per heavy atom. The molecule has 0 bridgehead atoms. The molecule has 9 nitrogen and oxygen atoms in total. The Morgan fingerprint density at radius 2 is 1.97 bits per heavy atom.